The normalized spacial score (nSPS) is 14.6. The van der Waals surface area contributed by atoms with Crippen molar-refractivity contribution in [2.24, 2.45) is 0 Å². The molecule has 0 aromatic heterocycles. The molecule has 1 unspecified atom stereocenters. The molecule has 3 amide bonds. The van der Waals surface area contributed by atoms with Crippen molar-refractivity contribution in [3.63, 3.8) is 0 Å². The van der Waals surface area contributed by atoms with Crippen molar-refractivity contribution in [2.45, 2.75) is 37.8 Å². The highest BCUT2D eigenvalue weighted by atomic mass is 16.4. The van der Waals surface area contributed by atoms with Gasteiger partial charge in [0.15, 0.2) is 0 Å². The Morgan fingerprint density at radius 2 is 1.55 bits per heavy atom. The van der Waals surface area contributed by atoms with E-state index >= 15 is 0 Å². The molecule has 8 heteroatoms. The minimum atomic E-state index is -1.25. The van der Waals surface area contributed by atoms with E-state index in [2.05, 4.69) is 5.32 Å². The van der Waals surface area contributed by atoms with E-state index < -0.39 is 35.8 Å². The Morgan fingerprint density at radius 1 is 0.968 bits per heavy atom. The van der Waals surface area contributed by atoms with Crippen molar-refractivity contribution in [1.29, 1.82) is 0 Å². The van der Waals surface area contributed by atoms with Gasteiger partial charge in [0.05, 0.1) is 11.1 Å². The third kappa shape index (κ3) is 4.85. The van der Waals surface area contributed by atoms with Gasteiger partial charge in [-0.25, -0.2) is 4.79 Å². The number of fused-ring (bicyclic) bond motifs is 1. The van der Waals surface area contributed by atoms with Crippen LogP contribution < -0.4 is 5.32 Å². The molecule has 1 aliphatic heterocycles. The molecule has 2 aromatic carbocycles. The average Bonchev–Trinajstić information content (AvgIpc) is 3.02. The number of unbranched alkanes of at least 4 members (excludes halogenated alkanes) is 1. The minimum Gasteiger partial charge on any atom is -0.480 e. The topological polar surface area (TPSA) is 121 Å². The summed E-state index contributed by atoms with van der Waals surface area (Å²) >= 11 is 0. The number of benzene rings is 2. The summed E-state index contributed by atoms with van der Waals surface area (Å²) in [5.74, 6) is -3.18. The number of nitrogens with one attached hydrogen (secondary N) is 1. The second kappa shape index (κ2) is 9.80. The Morgan fingerprint density at radius 3 is 2.10 bits per heavy atom. The summed E-state index contributed by atoms with van der Waals surface area (Å²) in [5.41, 5.74) is 1.13. The highest BCUT2D eigenvalue weighted by Crippen LogP contribution is 2.26. The first kappa shape index (κ1) is 21.9. The lowest BCUT2D eigenvalue weighted by atomic mass is 10.0. The number of carbonyl (C=O) groups excluding carboxylic acids is 4. The molecule has 0 bridgehead atoms. The molecule has 8 nitrogen and oxygen atoms in total. The van der Waals surface area contributed by atoms with E-state index in [4.69, 9.17) is 0 Å². The van der Waals surface area contributed by atoms with Gasteiger partial charge in [-0.05, 0) is 30.5 Å². The predicted molar refractivity (Wildman–Crippen MR) is 110 cm³/mol. The fourth-order valence-corrected chi connectivity index (χ4v) is 3.56. The van der Waals surface area contributed by atoms with Gasteiger partial charge in [-0.2, -0.15) is 0 Å². The Labute approximate surface area is 178 Å². The van der Waals surface area contributed by atoms with Gasteiger partial charge < -0.3 is 15.2 Å². The molecule has 0 fully saturated rings. The van der Waals surface area contributed by atoms with E-state index in [1.807, 2.05) is 0 Å². The first-order valence-electron chi connectivity index (χ1n) is 9.91. The third-order valence-corrected chi connectivity index (χ3v) is 5.14. The van der Waals surface area contributed by atoms with Crippen LogP contribution in [-0.2, 0) is 20.8 Å². The maximum Gasteiger partial charge on any atom is 0.326 e. The molecule has 1 heterocycles. The van der Waals surface area contributed by atoms with E-state index in [1.54, 1.807) is 42.5 Å². The lowest BCUT2D eigenvalue weighted by molar-refractivity contribution is -0.142. The zero-order valence-corrected chi connectivity index (χ0v) is 16.7. The smallest absolute Gasteiger partial charge is 0.326 e. The molecular formula is C23H22N2O6. The zero-order valence-electron chi connectivity index (χ0n) is 16.7. The number of rotatable bonds is 10. The number of carbonyl (C=O) groups is 5. The van der Waals surface area contributed by atoms with Crippen LogP contribution in [0.3, 0.4) is 0 Å². The first-order valence-corrected chi connectivity index (χ1v) is 9.91. The molecule has 0 radical (unpaired) electrons. The largest absolute Gasteiger partial charge is 0.480 e. The molecule has 31 heavy (non-hydrogen) atoms. The van der Waals surface area contributed by atoms with Gasteiger partial charge in [-0.1, -0.05) is 42.5 Å². The molecule has 2 N–H and O–H groups in total. The summed E-state index contributed by atoms with van der Waals surface area (Å²) in [6.45, 7) is 0. The fraction of sp³-hybridized carbons (Fsp3) is 0.261. The van der Waals surface area contributed by atoms with E-state index in [0.717, 1.165) is 4.90 Å². The number of aldehydes is 1. The molecule has 2 aromatic rings. The van der Waals surface area contributed by atoms with Crippen molar-refractivity contribution in [2.75, 3.05) is 0 Å². The Hall–Kier alpha value is -3.81. The number of carboxylic acids is 1. The first-order chi connectivity index (χ1) is 14.9. The maximum atomic E-state index is 13.1. The van der Waals surface area contributed by atoms with Gasteiger partial charge in [0.1, 0.15) is 18.4 Å². The summed E-state index contributed by atoms with van der Waals surface area (Å²) in [5, 5.41) is 11.9. The van der Waals surface area contributed by atoms with Crippen LogP contribution in [-0.4, -0.2) is 52.1 Å². The second-order valence-corrected chi connectivity index (χ2v) is 7.23. The van der Waals surface area contributed by atoms with Gasteiger partial charge in [-0.3, -0.25) is 19.3 Å². The Bertz CT molecular complexity index is 969. The van der Waals surface area contributed by atoms with Crippen LogP contribution in [0.2, 0.25) is 0 Å². The summed E-state index contributed by atoms with van der Waals surface area (Å²) in [4.78, 5) is 62.0. The summed E-state index contributed by atoms with van der Waals surface area (Å²) in [7, 11) is 0. The van der Waals surface area contributed by atoms with E-state index in [9.17, 15) is 29.1 Å². The summed E-state index contributed by atoms with van der Waals surface area (Å²) in [6.07, 6.45) is 1.24. The zero-order chi connectivity index (χ0) is 22.4. The molecule has 0 saturated carbocycles. The minimum absolute atomic E-state index is 0.0405. The molecule has 0 saturated heterocycles. The number of hydrogen-bond acceptors (Lipinski definition) is 5. The Kier molecular flexibility index (Phi) is 6.92. The molecule has 3 rings (SSSR count). The lowest BCUT2D eigenvalue weighted by Crippen LogP contribution is -2.54. The van der Waals surface area contributed by atoms with Crippen LogP contribution in [0.25, 0.3) is 0 Å². The van der Waals surface area contributed by atoms with Gasteiger partial charge in [0, 0.05) is 12.8 Å². The monoisotopic (exact) mass is 422 g/mol. The summed E-state index contributed by atoms with van der Waals surface area (Å²) in [6, 6.07) is 12.7. The standard InChI is InChI=1S/C23H22N2O6/c26-13-7-6-12-18(23(30)31)24-20(27)19(14-15-8-2-1-3-9-15)25-21(28)16-10-4-5-11-17(16)22(25)29/h1-5,8-11,13,18-19H,6-7,12,14H2,(H,24,27)(H,30,31)/t18-,19?/m0/s1. The molecule has 160 valence electrons. The highest BCUT2D eigenvalue weighted by molar-refractivity contribution is 6.22. The van der Waals surface area contributed by atoms with E-state index in [1.165, 1.54) is 12.1 Å². The number of aliphatic carboxylic acids is 1. The number of amides is 3. The average molecular weight is 422 g/mol. The van der Waals surface area contributed by atoms with Crippen molar-refractivity contribution in [3.8, 4) is 0 Å². The summed E-state index contributed by atoms with van der Waals surface area (Å²) < 4.78 is 0. The van der Waals surface area contributed by atoms with Gasteiger partial charge in [0.2, 0.25) is 5.91 Å². The van der Waals surface area contributed by atoms with Crippen molar-refractivity contribution >= 4 is 30.0 Å². The molecular weight excluding hydrogens is 400 g/mol. The van der Waals surface area contributed by atoms with Crippen LogP contribution in [0.1, 0.15) is 45.5 Å². The van der Waals surface area contributed by atoms with Crippen LogP contribution >= 0.6 is 0 Å². The van der Waals surface area contributed by atoms with Crippen LogP contribution in [0.15, 0.2) is 54.6 Å². The molecule has 1 aliphatic rings. The van der Waals surface area contributed by atoms with Crippen LogP contribution in [0.5, 0.6) is 0 Å². The van der Waals surface area contributed by atoms with Crippen molar-refractivity contribution in [3.05, 3.63) is 71.3 Å². The third-order valence-electron chi connectivity index (χ3n) is 5.14. The number of carboxylic acid groups (broad SMARTS) is 1. The van der Waals surface area contributed by atoms with Crippen molar-refractivity contribution < 1.29 is 29.1 Å². The Balaban J connectivity index is 1.89. The highest BCUT2D eigenvalue weighted by Gasteiger charge is 2.43. The van der Waals surface area contributed by atoms with Crippen LogP contribution in [0.4, 0.5) is 0 Å². The maximum absolute atomic E-state index is 13.1. The fourth-order valence-electron chi connectivity index (χ4n) is 3.56. The quantitative estimate of drug-likeness (QED) is 0.342. The number of hydrogen-bond donors (Lipinski definition) is 2. The van der Waals surface area contributed by atoms with E-state index in [0.29, 0.717) is 11.8 Å². The van der Waals surface area contributed by atoms with E-state index in [-0.39, 0.29) is 36.8 Å². The predicted octanol–water partition coefficient (Wildman–Crippen LogP) is 1.83. The van der Waals surface area contributed by atoms with Gasteiger partial charge in [0.25, 0.3) is 11.8 Å². The molecule has 0 spiro atoms. The van der Waals surface area contributed by atoms with Gasteiger partial charge in [-0.15, -0.1) is 0 Å². The van der Waals surface area contributed by atoms with Crippen LogP contribution in [0, 0.1) is 0 Å². The molecule has 0 aliphatic carbocycles. The molecule has 2 atom stereocenters. The second-order valence-electron chi connectivity index (χ2n) is 7.23. The SMILES string of the molecule is O=CCCC[C@H](NC(=O)C(Cc1ccccc1)N1C(=O)c2ccccc2C1=O)C(=O)O. The lowest BCUT2D eigenvalue weighted by Gasteiger charge is -2.27. The number of imide groups is 1. The van der Waals surface area contributed by atoms with Gasteiger partial charge >= 0.3 is 5.97 Å². The van der Waals surface area contributed by atoms with Crippen molar-refractivity contribution in [1.82, 2.24) is 10.2 Å². The number of nitrogens with zero attached hydrogens (tertiary/aromatic N) is 1.